The second-order valence-corrected chi connectivity index (χ2v) is 6.56. The first-order valence-corrected chi connectivity index (χ1v) is 8.73. The minimum atomic E-state index is -0.257. The van der Waals surface area contributed by atoms with Crippen molar-refractivity contribution in [3.05, 3.63) is 82.9 Å². The largest absolute Gasteiger partial charge is 0.390 e. The maximum atomic E-state index is 13.4. The fourth-order valence-electron chi connectivity index (χ4n) is 2.53. The van der Waals surface area contributed by atoms with Gasteiger partial charge < -0.3 is 9.67 Å². The number of aryl methyl sites for hydroxylation is 1. The Morgan fingerprint density at radius 1 is 1.17 bits per heavy atom. The smallest absolute Gasteiger partial charge is 0.168 e. The maximum Gasteiger partial charge on any atom is 0.168 e. The molecule has 124 valence electrons. The number of hydrogen-bond acceptors (Lipinski definition) is 3. The summed E-state index contributed by atoms with van der Waals surface area (Å²) in [4.78, 5) is 4.42. The highest BCUT2D eigenvalue weighted by Crippen LogP contribution is 2.25. The van der Waals surface area contributed by atoms with Crippen LogP contribution >= 0.6 is 11.8 Å². The zero-order valence-electron chi connectivity index (χ0n) is 13.4. The summed E-state index contributed by atoms with van der Waals surface area (Å²) in [6.45, 7) is 2.49. The minimum absolute atomic E-state index is 0.0900. The minimum Gasteiger partial charge on any atom is -0.390 e. The zero-order valence-corrected chi connectivity index (χ0v) is 14.3. The van der Waals surface area contributed by atoms with E-state index in [0.29, 0.717) is 6.54 Å². The predicted molar refractivity (Wildman–Crippen MR) is 94.4 cm³/mol. The molecule has 0 aliphatic carbocycles. The fraction of sp³-hybridized carbons (Fsp3) is 0.211. The Morgan fingerprint density at radius 2 is 2.00 bits per heavy atom. The second-order valence-electron chi connectivity index (χ2n) is 5.62. The Hall–Kier alpha value is -2.11. The van der Waals surface area contributed by atoms with Crippen molar-refractivity contribution in [2.45, 2.75) is 31.0 Å². The molecule has 1 aromatic heterocycles. The van der Waals surface area contributed by atoms with E-state index in [1.54, 1.807) is 24.0 Å². The summed E-state index contributed by atoms with van der Waals surface area (Å²) in [7, 11) is 0. The zero-order chi connectivity index (χ0) is 16.9. The van der Waals surface area contributed by atoms with Crippen LogP contribution in [0.25, 0.3) is 0 Å². The molecule has 0 aliphatic rings. The van der Waals surface area contributed by atoms with Crippen LogP contribution in [0.4, 0.5) is 4.39 Å². The van der Waals surface area contributed by atoms with E-state index in [9.17, 15) is 9.50 Å². The Kier molecular flexibility index (Phi) is 5.33. The number of nitrogens with zero attached hydrogens (tertiary/aromatic N) is 2. The van der Waals surface area contributed by atoms with Gasteiger partial charge in [0.05, 0.1) is 25.0 Å². The summed E-state index contributed by atoms with van der Waals surface area (Å²) in [5, 5.41) is 10.4. The van der Waals surface area contributed by atoms with Gasteiger partial charge in [0, 0.05) is 5.75 Å². The van der Waals surface area contributed by atoms with E-state index in [1.807, 2.05) is 22.8 Å². The highest BCUT2D eigenvalue weighted by Gasteiger charge is 2.11. The predicted octanol–water partition coefficient (Wildman–Crippen LogP) is 4.16. The first kappa shape index (κ1) is 16.7. The summed E-state index contributed by atoms with van der Waals surface area (Å²) in [5.41, 5.74) is 4.08. The van der Waals surface area contributed by atoms with Crippen LogP contribution in [0, 0.1) is 12.7 Å². The number of halogens is 1. The lowest BCUT2D eigenvalue weighted by molar-refractivity contribution is 0.270. The van der Waals surface area contributed by atoms with Gasteiger partial charge in [-0.1, -0.05) is 48.2 Å². The van der Waals surface area contributed by atoms with E-state index in [-0.39, 0.29) is 12.4 Å². The molecule has 3 rings (SSSR count). The average molecular weight is 342 g/mol. The van der Waals surface area contributed by atoms with E-state index in [2.05, 4.69) is 24.0 Å². The van der Waals surface area contributed by atoms with Crippen LogP contribution in [0.5, 0.6) is 0 Å². The van der Waals surface area contributed by atoms with Crippen molar-refractivity contribution in [2.24, 2.45) is 0 Å². The van der Waals surface area contributed by atoms with Crippen molar-refractivity contribution in [2.75, 3.05) is 0 Å². The van der Waals surface area contributed by atoms with Crippen LogP contribution in [0.1, 0.15) is 22.4 Å². The summed E-state index contributed by atoms with van der Waals surface area (Å²) < 4.78 is 15.4. The standard InChI is InChI=1S/C19H19FN2OS/c1-14-5-2-3-7-16(14)13-24-19-21-10-18(12-23)22(19)11-15-6-4-8-17(20)9-15/h2-10,23H,11-13H2,1H3. The number of aromatic nitrogens is 2. The van der Waals surface area contributed by atoms with Crippen LogP contribution in [0.15, 0.2) is 59.9 Å². The lowest BCUT2D eigenvalue weighted by Crippen LogP contribution is -2.06. The quantitative estimate of drug-likeness (QED) is 0.684. The normalized spacial score (nSPS) is 11.0. The molecule has 0 spiro atoms. The molecule has 0 saturated carbocycles. The van der Waals surface area contributed by atoms with Crippen molar-refractivity contribution in [1.29, 1.82) is 0 Å². The molecule has 3 aromatic rings. The molecule has 3 nitrogen and oxygen atoms in total. The Labute approximate surface area is 145 Å². The Balaban J connectivity index is 1.81. The third-order valence-electron chi connectivity index (χ3n) is 3.91. The lowest BCUT2D eigenvalue weighted by Gasteiger charge is -2.11. The molecular formula is C19H19FN2OS. The van der Waals surface area contributed by atoms with E-state index >= 15 is 0 Å². The Morgan fingerprint density at radius 3 is 2.75 bits per heavy atom. The van der Waals surface area contributed by atoms with E-state index < -0.39 is 0 Å². The molecule has 0 fully saturated rings. The number of aliphatic hydroxyl groups is 1. The molecule has 0 unspecified atom stereocenters. The third kappa shape index (κ3) is 3.86. The van der Waals surface area contributed by atoms with Gasteiger partial charge in [0.2, 0.25) is 0 Å². The molecule has 2 aromatic carbocycles. The number of benzene rings is 2. The summed E-state index contributed by atoms with van der Waals surface area (Å²) in [5.74, 6) is 0.546. The van der Waals surface area contributed by atoms with Crippen molar-refractivity contribution in [3.63, 3.8) is 0 Å². The van der Waals surface area contributed by atoms with Gasteiger partial charge in [-0.25, -0.2) is 9.37 Å². The van der Waals surface area contributed by atoms with Gasteiger partial charge in [0.15, 0.2) is 5.16 Å². The highest BCUT2D eigenvalue weighted by atomic mass is 32.2. The van der Waals surface area contributed by atoms with Crippen LogP contribution in [0.2, 0.25) is 0 Å². The molecular weight excluding hydrogens is 323 g/mol. The molecule has 0 amide bonds. The second kappa shape index (κ2) is 7.64. The molecule has 0 bridgehead atoms. The van der Waals surface area contributed by atoms with E-state index in [4.69, 9.17) is 0 Å². The molecule has 0 radical (unpaired) electrons. The van der Waals surface area contributed by atoms with Gasteiger partial charge in [0.25, 0.3) is 0 Å². The van der Waals surface area contributed by atoms with Gasteiger partial charge in [-0.3, -0.25) is 0 Å². The van der Waals surface area contributed by atoms with Crippen molar-refractivity contribution >= 4 is 11.8 Å². The van der Waals surface area contributed by atoms with Gasteiger partial charge >= 0.3 is 0 Å². The number of thioether (sulfide) groups is 1. The average Bonchev–Trinajstić information content (AvgIpc) is 2.96. The van der Waals surface area contributed by atoms with Gasteiger partial charge in [-0.05, 0) is 35.7 Å². The summed E-state index contributed by atoms with van der Waals surface area (Å²) >= 11 is 1.62. The third-order valence-corrected chi connectivity index (χ3v) is 4.95. The van der Waals surface area contributed by atoms with Crippen LogP contribution in [-0.4, -0.2) is 14.7 Å². The van der Waals surface area contributed by atoms with Gasteiger partial charge in [0.1, 0.15) is 5.82 Å². The summed E-state index contributed by atoms with van der Waals surface area (Å²) in [6.07, 6.45) is 1.68. The lowest BCUT2D eigenvalue weighted by atomic mass is 10.1. The maximum absolute atomic E-state index is 13.4. The summed E-state index contributed by atoms with van der Waals surface area (Å²) in [6, 6.07) is 14.8. The van der Waals surface area contributed by atoms with Crippen molar-refractivity contribution in [1.82, 2.24) is 9.55 Å². The molecule has 5 heteroatoms. The fourth-order valence-corrected chi connectivity index (χ4v) is 3.61. The first-order chi connectivity index (χ1) is 11.7. The van der Waals surface area contributed by atoms with Crippen LogP contribution < -0.4 is 0 Å². The molecule has 0 saturated heterocycles. The highest BCUT2D eigenvalue weighted by molar-refractivity contribution is 7.98. The molecule has 1 heterocycles. The van der Waals surface area contributed by atoms with Crippen LogP contribution in [0.3, 0.4) is 0 Å². The van der Waals surface area contributed by atoms with Gasteiger partial charge in [-0.15, -0.1) is 0 Å². The number of rotatable bonds is 6. The monoisotopic (exact) mass is 342 g/mol. The molecule has 0 atom stereocenters. The molecule has 0 aliphatic heterocycles. The number of imidazole rings is 1. The van der Waals surface area contributed by atoms with E-state index in [0.717, 1.165) is 22.2 Å². The topological polar surface area (TPSA) is 38.1 Å². The number of aliphatic hydroxyl groups excluding tert-OH is 1. The van der Waals surface area contributed by atoms with Gasteiger partial charge in [-0.2, -0.15) is 0 Å². The Bertz CT molecular complexity index is 832. The van der Waals surface area contributed by atoms with E-state index in [1.165, 1.54) is 23.3 Å². The van der Waals surface area contributed by atoms with Crippen molar-refractivity contribution < 1.29 is 9.50 Å². The molecule has 1 N–H and O–H groups in total. The molecule has 24 heavy (non-hydrogen) atoms. The SMILES string of the molecule is Cc1ccccc1CSc1ncc(CO)n1Cc1cccc(F)c1. The number of hydrogen-bond donors (Lipinski definition) is 1. The van der Waals surface area contributed by atoms with Crippen LogP contribution in [-0.2, 0) is 18.9 Å². The first-order valence-electron chi connectivity index (χ1n) is 7.74. The van der Waals surface area contributed by atoms with Crippen molar-refractivity contribution in [3.8, 4) is 0 Å².